The van der Waals surface area contributed by atoms with Crippen molar-refractivity contribution in [3.63, 3.8) is 0 Å². The van der Waals surface area contributed by atoms with Crippen molar-refractivity contribution in [1.82, 2.24) is 24.8 Å². The maximum atomic E-state index is 14.0. The zero-order valence-corrected chi connectivity index (χ0v) is 21.8. The predicted molar refractivity (Wildman–Crippen MR) is 145 cm³/mol. The van der Waals surface area contributed by atoms with Crippen molar-refractivity contribution in [2.45, 2.75) is 57.9 Å². The number of carbonyl (C=O) groups excluding carboxylic acids is 2. The molecule has 1 N–H and O–H groups in total. The highest BCUT2D eigenvalue weighted by molar-refractivity contribution is 5.84. The molecule has 1 aliphatic carbocycles. The molecule has 0 atom stereocenters. The summed E-state index contributed by atoms with van der Waals surface area (Å²) in [4.78, 5) is 46.9. The lowest BCUT2D eigenvalue weighted by Gasteiger charge is -2.25. The Morgan fingerprint density at radius 2 is 1.79 bits per heavy atom. The smallest absolute Gasteiger partial charge is 0.347 e. The van der Waals surface area contributed by atoms with E-state index >= 15 is 0 Å². The number of fused-ring (bicyclic) bond motifs is 1. The van der Waals surface area contributed by atoms with Crippen molar-refractivity contribution >= 4 is 23.2 Å². The highest BCUT2D eigenvalue weighted by Crippen LogP contribution is 2.32. The molecule has 0 radical (unpaired) electrons. The number of benzene rings is 2. The van der Waals surface area contributed by atoms with Crippen LogP contribution in [0.2, 0.25) is 0 Å². The van der Waals surface area contributed by atoms with Crippen LogP contribution in [0.1, 0.15) is 61.9 Å². The Morgan fingerprint density at radius 3 is 2.51 bits per heavy atom. The first-order valence-corrected chi connectivity index (χ1v) is 13.4. The number of Topliss-reactive ketones (excluding diaryl/α,β-unsaturated/α-hetero) is 1. The fraction of sp³-hybridized carbons (Fsp3) is 0.345. The zero-order valence-electron chi connectivity index (χ0n) is 21.8. The molecule has 2 aliphatic rings. The van der Waals surface area contributed by atoms with Crippen molar-refractivity contribution in [3.05, 3.63) is 82.0 Å². The number of hydrogen-bond donors (Lipinski definition) is 1. The van der Waals surface area contributed by atoms with Gasteiger partial charge in [-0.3, -0.25) is 19.2 Å². The molecule has 1 saturated heterocycles. The maximum Gasteiger partial charge on any atom is 0.347 e. The van der Waals surface area contributed by atoms with E-state index in [-0.39, 0.29) is 29.9 Å². The van der Waals surface area contributed by atoms with Gasteiger partial charge in [0, 0.05) is 36.4 Å². The van der Waals surface area contributed by atoms with Crippen LogP contribution in [-0.2, 0) is 27.3 Å². The lowest BCUT2D eigenvalue weighted by Crippen LogP contribution is -2.34. The SMILES string of the molecule is CCCc1c(Cc2ccc(-c3ccccc3N3CC(=O)ON3)cc2)c(=O)n(C2CCC(=O)CC2)c2ncnn12. The quantitative estimate of drug-likeness (QED) is 0.389. The Hall–Kier alpha value is -4.31. The third-order valence-corrected chi connectivity index (χ3v) is 7.59. The first-order valence-electron chi connectivity index (χ1n) is 13.4. The second-order valence-electron chi connectivity index (χ2n) is 10.1. The minimum Gasteiger partial charge on any atom is -0.349 e. The summed E-state index contributed by atoms with van der Waals surface area (Å²) < 4.78 is 3.58. The van der Waals surface area contributed by atoms with E-state index in [0.29, 0.717) is 44.3 Å². The number of para-hydroxylation sites is 1. The van der Waals surface area contributed by atoms with Gasteiger partial charge in [0.15, 0.2) is 0 Å². The van der Waals surface area contributed by atoms with Crippen LogP contribution in [0, 0.1) is 0 Å². The lowest BCUT2D eigenvalue weighted by atomic mass is 9.93. The molecule has 2 aromatic heterocycles. The van der Waals surface area contributed by atoms with E-state index in [4.69, 9.17) is 4.84 Å². The van der Waals surface area contributed by atoms with Gasteiger partial charge in [-0.1, -0.05) is 61.4 Å². The van der Waals surface area contributed by atoms with Gasteiger partial charge < -0.3 is 4.84 Å². The van der Waals surface area contributed by atoms with E-state index in [1.165, 1.54) is 6.33 Å². The van der Waals surface area contributed by atoms with E-state index in [2.05, 4.69) is 22.6 Å². The van der Waals surface area contributed by atoms with Gasteiger partial charge in [0.25, 0.3) is 5.56 Å². The summed E-state index contributed by atoms with van der Waals surface area (Å²) in [5.41, 5.74) is 8.02. The molecule has 0 amide bonds. The highest BCUT2D eigenvalue weighted by Gasteiger charge is 2.27. The van der Waals surface area contributed by atoms with Crippen molar-refractivity contribution in [1.29, 1.82) is 0 Å². The average Bonchev–Trinajstić information content (AvgIpc) is 3.61. The summed E-state index contributed by atoms with van der Waals surface area (Å²) in [6.45, 7) is 2.21. The van der Waals surface area contributed by atoms with Crippen LogP contribution < -0.4 is 16.2 Å². The normalized spacial score (nSPS) is 16.3. The molecule has 4 aromatic rings. The fourth-order valence-corrected chi connectivity index (χ4v) is 5.65. The van der Waals surface area contributed by atoms with Crippen LogP contribution in [0.15, 0.2) is 59.7 Å². The van der Waals surface area contributed by atoms with E-state index < -0.39 is 0 Å². The predicted octanol–water partition coefficient (Wildman–Crippen LogP) is 3.57. The Bertz CT molecular complexity index is 1600. The van der Waals surface area contributed by atoms with Gasteiger partial charge in [0.1, 0.15) is 18.7 Å². The molecule has 39 heavy (non-hydrogen) atoms. The van der Waals surface area contributed by atoms with E-state index in [1.54, 1.807) is 9.58 Å². The molecule has 6 rings (SSSR count). The number of ketones is 1. The van der Waals surface area contributed by atoms with Gasteiger partial charge in [-0.2, -0.15) is 10.1 Å². The zero-order chi connectivity index (χ0) is 26.9. The average molecular weight is 527 g/mol. The first kappa shape index (κ1) is 25.0. The van der Waals surface area contributed by atoms with Crippen LogP contribution in [0.3, 0.4) is 0 Å². The summed E-state index contributed by atoms with van der Waals surface area (Å²) in [7, 11) is 0. The monoisotopic (exact) mass is 526 g/mol. The molecular weight excluding hydrogens is 496 g/mol. The molecule has 0 unspecified atom stereocenters. The van der Waals surface area contributed by atoms with Crippen molar-refractivity contribution in [2.75, 3.05) is 11.6 Å². The first-order chi connectivity index (χ1) is 19.0. The Kier molecular flexibility index (Phi) is 6.70. The molecule has 1 aliphatic heterocycles. The third-order valence-electron chi connectivity index (χ3n) is 7.59. The number of hydrogen-bond acceptors (Lipinski definition) is 8. The number of anilines is 1. The molecule has 1 saturated carbocycles. The van der Waals surface area contributed by atoms with Crippen LogP contribution in [-0.4, -0.2) is 37.5 Å². The van der Waals surface area contributed by atoms with Gasteiger partial charge in [-0.25, -0.2) is 9.31 Å². The molecule has 10 nitrogen and oxygen atoms in total. The number of rotatable bonds is 7. The summed E-state index contributed by atoms with van der Waals surface area (Å²) in [6, 6.07) is 15.9. The van der Waals surface area contributed by atoms with E-state index in [0.717, 1.165) is 40.1 Å². The number of aromatic nitrogens is 4. The molecule has 0 spiro atoms. The number of nitrogens with zero attached hydrogens (tertiary/aromatic N) is 5. The second kappa shape index (κ2) is 10.5. The summed E-state index contributed by atoms with van der Waals surface area (Å²) in [5, 5.41) is 6.17. The highest BCUT2D eigenvalue weighted by atomic mass is 16.7. The molecule has 2 fully saturated rings. The molecule has 2 aromatic carbocycles. The summed E-state index contributed by atoms with van der Waals surface area (Å²) >= 11 is 0. The maximum absolute atomic E-state index is 14.0. The van der Waals surface area contributed by atoms with Gasteiger partial charge in [-0.05, 0) is 36.5 Å². The largest absolute Gasteiger partial charge is 0.349 e. The van der Waals surface area contributed by atoms with Crippen LogP contribution >= 0.6 is 0 Å². The number of aryl methyl sites for hydroxylation is 1. The molecule has 200 valence electrons. The van der Waals surface area contributed by atoms with Gasteiger partial charge in [0.2, 0.25) is 5.78 Å². The van der Waals surface area contributed by atoms with Gasteiger partial charge in [-0.15, -0.1) is 0 Å². The molecular formula is C29H30N6O4. The van der Waals surface area contributed by atoms with E-state index in [1.807, 2.05) is 53.0 Å². The summed E-state index contributed by atoms with van der Waals surface area (Å²) in [6.07, 6.45) is 5.81. The van der Waals surface area contributed by atoms with Crippen molar-refractivity contribution in [3.8, 4) is 11.1 Å². The fourth-order valence-electron chi connectivity index (χ4n) is 5.65. The molecule has 10 heteroatoms. The topological polar surface area (TPSA) is 111 Å². The Labute approximate surface area is 225 Å². The van der Waals surface area contributed by atoms with E-state index in [9.17, 15) is 14.4 Å². The van der Waals surface area contributed by atoms with Gasteiger partial charge in [0.05, 0.1) is 11.4 Å². The minimum absolute atomic E-state index is 0.0440. The third kappa shape index (κ3) is 4.72. The summed E-state index contributed by atoms with van der Waals surface area (Å²) in [5.74, 6) is 0.468. The van der Waals surface area contributed by atoms with Crippen LogP contribution in [0.4, 0.5) is 5.69 Å². The standard InChI is InChI=1S/C29H30N6O4/c1-2-5-26-24(28(38)34(29-30-18-31-35(26)29)21-12-14-22(36)15-13-21)16-19-8-10-20(11-9-19)23-6-3-4-7-25(23)33-17-27(37)39-32-33/h3-4,6-11,18,21,32H,2,5,12-17H2,1H3. The van der Waals surface area contributed by atoms with Crippen LogP contribution in [0.5, 0.6) is 0 Å². The van der Waals surface area contributed by atoms with Crippen molar-refractivity contribution < 1.29 is 14.4 Å². The number of nitrogens with one attached hydrogen (secondary N) is 1. The lowest BCUT2D eigenvalue weighted by molar-refractivity contribution is -0.142. The minimum atomic E-state index is -0.335. The Morgan fingerprint density at radius 1 is 1.03 bits per heavy atom. The molecule has 3 heterocycles. The van der Waals surface area contributed by atoms with Crippen molar-refractivity contribution in [2.24, 2.45) is 0 Å². The number of hydrazine groups is 1. The second-order valence-corrected chi connectivity index (χ2v) is 10.1. The molecule has 0 bridgehead atoms. The van der Waals surface area contributed by atoms with Gasteiger partial charge >= 0.3 is 5.97 Å². The van der Waals surface area contributed by atoms with Crippen LogP contribution in [0.25, 0.3) is 16.9 Å². The Balaban J connectivity index is 1.36. The number of carbonyl (C=O) groups is 2.